The van der Waals surface area contributed by atoms with Crippen molar-refractivity contribution in [3.8, 4) is 0 Å². The highest BCUT2D eigenvalue weighted by molar-refractivity contribution is 5.99. The van der Waals surface area contributed by atoms with Crippen LogP contribution in [0.4, 0.5) is 5.69 Å². The number of aromatic amines is 1. The zero-order valence-electron chi connectivity index (χ0n) is 12.3. The summed E-state index contributed by atoms with van der Waals surface area (Å²) >= 11 is 0. The number of nitrogen functional groups attached to an aromatic ring is 1. The van der Waals surface area contributed by atoms with E-state index < -0.39 is 17.9 Å². The first-order valence-corrected chi connectivity index (χ1v) is 6.63. The van der Waals surface area contributed by atoms with Crippen molar-refractivity contribution in [2.75, 3.05) is 12.8 Å². The maximum Gasteiger partial charge on any atom is 0.328 e. The van der Waals surface area contributed by atoms with Crippen molar-refractivity contribution in [1.29, 1.82) is 0 Å². The van der Waals surface area contributed by atoms with Gasteiger partial charge in [-0.15, -0.1) is 0 Å². The van der Waals surface area contributed by atoms with Crippen LogP contribution in [-0.2, 0) is 16.0 Å². The number of nitrogens with one attached hydrogen (secondary N) is 2. The normalized spacial score (nSPS) is 12.2. The molecule has 1 rings (SSSR count). The molecule has 0 saturated heterocycles. The van der Waals surface area contributed by atoms with E-state index in [0.29, 0.717) is 5.69 Å². The number of carbonyl (C=O) groups is 2. The lowest BCUT2D eigenvalue weighted by atomic mass is 10.0. The van der Waals surface area contributed by atoms with Gasteiger partial charge in [0.05, 0.1) is 18.5 Å². The minimum absolute atomic E-state index is 0.0957. The van der Waals surface area contributed by atoms with Crippen molar-refractivity contribution in [3.05, 3.63) is 11.4 Å². The van der Waals surface area contributed by atoms with Crippen LogP contribution in [0, 0.1) is 5.92 Å². The van der Waals surface area contributed by atoms with Crippen molar-refractivity contribution >= 4 is 17.6 Å². The number of aromatic nitrogens is 2. The predicted molar refractivity (Wildman–Crippen MR) is 75.1 cm³/mol. The molecule has 0 aliphatic carbocycles. The lowest BCUT2D eigenvalue weighted by Crippen LogP contribution is -2.45. The van der Waals surface area contributed by atoms with Gasteiger partial charge in [0, 0.05) is 0 Å². The third-order valence-electron chi connectivity index (χ3n) is 3.01. The van der Waals surface area contributed by atoms with E-state index >= 15 is 0 Å². The molecule has 1 aromatic rings. The molecule has 1 amide bonds. The fourth-order valence-corrected chi connectivity index (χ4v) is 1.83. The Morgan fingerprint density at radius 3 is 2.60 bits per heavy atom. The van der Waals surface area contributed by atoms with Gasteiger partial charge in [0.25, 0.3) is 5.91 Å². The first-order chi connectivity index (χ1) is 9.42. The zero-order chi connectivity index (χ0) is 15.3. The average Bonchev–Trinajstić information content (AvgIpc) is 2.76. The Labute approximate surface area is 118 Å². The summed E-state index contributed by atoms with van der Waals surface area (Å²) in [5.41, 5.74) is 7.06. The van der Waals surface area contributed by atoms with Gasteiger partial charge in [0.1, 0.15) is 6.04 Å². The fourth-order valence-electron chi connectivity index (χ4n) is 1.83. The number of hydrogen-bond donors (Lipinski definition) is 3. The highest BCUT2D eigenvalue weighted by Crippen LogP contribution is 2.16. The fraction of sp³-hybridized carbons (Fsp3) is 0.615. The number of carbonyl (C=O) groups excluding carboxylic acids is 2. The van der Waals surface area contributed by atoms with Crippen LogP contribution < -0.4 is 11.1 Å². The summed E-state index contributed by atoms with van der Waals surface area (Å²) in [6.07, 6.45) is 1.61. The maximum atomic E-state index is 12.1. The van der Waals surface area contributed by atoms with Gasteiger partial charge in [0.2, 0.25) is 0 Å². The van der Waals surface area contributed by atoms with E-state index in [4.69, 9.17) is 5.73 Å². The van der Waals surface area contributed by atoms with Gasteiger partial charge in [0.15, 0.2) is 5.69 Å². The maximum absolute atomic E-state index is 12.1. The summed E-state index contributed by atoms with van der Waals surface area (Å²) in [7, 11) is 1.28. The van der Waals surface area contributed by atoms with Crippen LogP contribution in [0.3, 0.4) is 0 Å². The Kier molecular flexibility index (Phi) is 5.54. The SMILES string of the molecule is CCCc1[nH]nc(C(=O)NC(C(=O)OC)C(C)C)c1N. The molecular weight excluding hydrogens is 260 g/mol. The molecule has 7 nitrogen and oxygen atoms in total. The molecule has 0 fully saturated rings. The Balaban J connectivity index is 2.87. The molecule has 0 saturated carbocycles. The number of nitrogens with zero attached hydrogens (tertiary/aromatic N) is 1. The Bertz CT molecular complexity index is 482. The predicted octanol–water partition coefficient (Wildman–Crippen LogP) is 0.872. The molecule has 7 heteroatoms. The van der Waals surface area contributed by atoms with E-state index in [1.54, 1.807) is 0 Å². The average molecular weight is 282 g/mol. The van der Waals surface area contributed by atoms with Crippen LogP contribution in [0.5, 0.6) is 0 Å². The third kappa shape index (κ3) is 3.49. The molecule has 112 valence electrons. The standard InChI is InChI=1S/C13H22N4O3/c1-5-6-8-9(14)11(17-16-8)12(18)15-10(7(2)3)13(19)20-4/h7,10H,5-6,14H2,1-4H3,(H,15,18)(H,16,17). The lowest BCUT2D eigenvalue weighted by Gasteiger charge is -2.19. The molecule has 1 unspecified atom stereocenters. The Morgan fingerprint density at radius 2 is 2.10 bits per heavy atom. The van der Waals surface area contributed by atoms with Crippen molar-refractivity contribution in [2.45, 2.75) is 39.7 Å². The van der Waals surface area contributed by atoms with E-state index in [0.717, 1.165) is 18.5 Å². The van der Waals surface area contributed by atoms with Crippen LogP contribution in [0.1, 0.15) is 43.4 Å². The number of methoxy groups -OCH3 is 1. The van der Waals surface area contributed by atoms with Crippen molar-refractivity contribution in [2.24, 2.45) is 5.92 Å². The second-order valence-electron chi connectivity index (χ2n) is 4.93. The molecular formula is C13H22N4O3. The minimum Gasteiger partial charge on any atom is -0.467 e. The molecule has 0 aliphatic rings. The number of H-pyrrole nitrogens is 1. The molecule has 1 heterocycles. The Morgan fingerprint density at radius 1 is 1.45 bits per heavy atom. The lowest BCUT2D eigenvalue weighted by molar-refractivity contribution is -0.144. The minimum atomic E-state index is -0.724. The molecule has 0 bridgehead atoms. The molecule has 1 aromatic heterocycles. The number of anilines is 1. The summed E-state index contributed by atoms with van der Waals surface area (Å²) in [4.78, 5) is 23.8. The third-order valence-corrected chi connectivity index (χ3v) is 3.01. The van der Waals surface area contributed by atoms with Crippen LogP contribution in [0.25, 0.3) is 0 Å². The number of hydrogen-bond acceptors (Lipinski definition) is 5. The highest BCUT2D eigenvalue weighted by Gasteiger charge is 2.27. The summed E-state index contributed by atoms with van der Waals surface area (Å²) < 4.78 is 4.67. The van der Waals surface area contributed by atoms with Gasteiger partial charge in [-0.2, -0.15) is 5.10 Å². The molecule has 4 N–H and O–H groups in total. The van der Waals surface area contributed by atoms with Crippen molar-refractivity contribution < 1.29 is 14.3 Å². The van der Waals surface area contributed by atoms with Gasteiger partial charge in [-0.3, -0.25) is 9.89 Å². The number of aryl methyl sites for hydroxylation is 1. The molecule has 0 radical (unpaired) electrons. The van der Waals surface area contributed by atoms with E-state index in [1.165, 1.54) is 7.11 Å². The smallest absolute Gasteiger partial charge is 0.328 e. The number of nitrogens with two attached hydrogens (primary N) is 1. The van der Waals surface area contributed by atoms with Gasteiger partial charge < -0.3 is 15.8 Å². The van der Waals surface area contributed by atoms with E-state index in [1.807, 2.05) is 20.8 Å². The van der Waals surface area contributed by atoms with E-state index in [2.05, 4.69) is 20.3 Å². The number of rotatable bonds is 6. The van der Waals surface area contributed by atoms with Gasteiger partial charge >= 0.3 is 5.97 Å². The highest BCUT2D eigenvalue weighted by atomic mass is 16.5. The summed E-state index contributed by atoms with van der Waals surface area (Å²) in [6.45, 7) is 5.64. The molecule has 0 spiro atoms. The van der Waals surface area contributed by atoms with E-state index in [9.17, 15) is 9.59 Å². The zero-order valence-corrected chi connectivity index (χ0v) is 12.3. The van der Waals surface area contributed by atoms with Crippen molar-refractivity contribution in [3.63, 3.8) is 0 Å². The number of esters is 1. The second kappa shape index (κ2) is 6.93. The van der Waals surface area contributed by atoms with Crippen LogP contribution in [-0.4, -0.2) is 35.2 Å². The monoisotopic (exact) mass is 282 g/mol. The molecule has 1 atom stereocenters. The first-order valence-electron chi connectivity index (χ1n) is 6.63. The quantitative estimate of drug-likeness (QED) is 0.671. The van der Waals surface area contributed by atoms with Crippen molar-refractivity contribution in [1.82, 2.24) is 15.5 Å². The summed E-state index contributed by atoms with van der Waals surface area (Å²) in [5, 5.41) is 9.27. The van der Waals surface area contributed by atoms with Crippen LogP contribution in [0.15, 0.2) is 0 Å². The Hall–Kier alpha value is -2.05. The van der Waals surface area contributed by atoms with Gasteiger partial charge in [-0.1, -0.05) is 27.2 Å². The summed E-state index contributed by atoms with van der Waals surface area (Å²) in [5.74, 6) is -1.07. The molecule has 20 heavy (non-hydrogen) atoms. The topological polar surface area (TPSA) is 110 Å². The second-order valence-corrected chi connectivity index (χ2v) is 4.93. The largest absolute Gasteiger partial charge is 0.467 e. The molecule has 0 aromatic carbocycles. The van der Waals surface area contributed by atoms with E-state index in [-0.39, 0.29) is 11.6 Å². The number of amides is 1. The van der Waals surface area contributed by atoms with Crippen LogP contribution in [0.2, 0.25) is 0 Å². The number of ether oxygens (including phenoxy) is 1. The van der Waals surface area contributed by atoms with Gasteiger partial charge in [-0.05, 0) is 12.3 Å². The summed E-state index contributed by atoms with van der Waals surface area (Å²) in [6, 6.07) is -0.724. The molecule has 0 aliphatic heterocycles. The first kappa shape index (κ1) is 16.0. The van der Waals surface area contributed by atoms with Crippen LogP contribution >= 0.6 is 0 Å². The van der Waals surface area contributed by atoms with Gasteiger partial charge in [-0.25, -0.2) is 4.79 Å².